The summed E-state index contributed by atoms with van der Waals surface area (Å²) in [6.45, 7) is 3.74. The van der Waals surface area contributed by atoms with Crippen LogP contribution in [-0.4, -0.2) is 37.8 Å². The van der Waals surface area contributed by atoms with Gasteiger partial charge in [-0.2, -0.15) is 9.57 Å². The number of hydrogen-bond donors (Lipinski definition) is 1. The summed E-state index contributed by atoms with van der Waals surface area (Å²) in [6, 6.07) is 5.69. The molecule has 1 atom stereocenters. The Bertz CT molecular complexity index is 691. The number of piperazine rings is 1. The zero-order valence-corrected chi connectivity index (χ0v) is 12.1. The van der Waals surface area contributed by atoms with E-state index in [-0.39, 0.29) is 22.9 Å². The first-order valence-electron chi connectivity index (χ1n) is 6.18. The summed E-state index contributed by atoms with van der Waals surface area (Å²) in [6.07, 6.45) is 0. The fraction of sp³-hybridized carbons (Fsp3) is 0.385. The molecule has 0 spiro atoms. The quantitative estimate of drug-likeness (QED) is 0.853. The van der Waals surface area contributed by atoms with Gasteiger partial charge in [0.25, 0.3) is 0 Å². The highest BCUT2D eigenvalue weighted by atomic mass is 32.2. The second-order valence-electron chi connectivity index (χ2n) is 4.67. The normalized spacial score (nSPS) is 20.2. The van der Waals surface area contributed by atoms with Gasteiger partial charge < -0.3 is 5.32 Å². The van der Waals surface area contributed by atoms with Crippen molar-refractivity contribution in [3.05, 3.63) is 29.3 Å². The molecule has 1 amide bonds. The summed E-state index contributed by atoms with van der Waals surface area (Å²) in [7, 11) is -3.79. The van der Waals surface area contributed by atoms with E-state index < -0.39 is 16.1 Å². The summed E-state index contributed by atoms with van der Waals surface area (Å²) in [5.41, 5.74) is 0.838. The van der Waals surface area contributed by atoms with Gasteiger partial charge in [0.1, 0.15) is 6.04 Å². The predicted octanol–water partition coefficient (Wildman–Crippen LogP) is 0.376. The van der Waals surface area contributed by atoms with Gasteiger partial charge in [0.2, 0.25) is 15.9 Å². The average Bonchev–Trinajstić information content (AvgIpc) is 2.42. The van der Waals surface area contributed by atoms with Crippen molar-refractivity contribution >= 4 is 15.9 Å². The number of sulfonamides is 1. The molecule has 1 aromatic carbocycles. The van der Waals surface area contributed by atoms with Crippen molar-refractivity contribution in [2.24, 2.45) is 0 Å². The first-order chi connectivity index (χ1) is 9.37. The van der Waals surface area contributed by atoms with Gasteiger partial charge in [-0.3, -0.25) is 4.79 Å². The molecule has 0 saturated carbocycles. The van der Waals surface area contributed by atoms with E-state index >= 15 is 0 Å². The summed E-state index contributed by atoms with van der Waals surface area (Å²) in [5, 5.41) is 11.5. The van der Waals surface area contributed by atoms with Crippen LogP contribution in [-0.2, 0) is 14.8 Å². The van der Waals surface area contributed by atoms with Gasteiger partial charge in [-0.1, -0.05) is 6.07 Å². The fourth-order valence-electron chi connectivity index (χ4n) is 2.16. The van der Waals surface area contributed by atoms with E-state index in [0.717, 1.165) is 0 Å². The molecule has 1 saturated heterocycles. The molecule has 1 N–H and O–H groups in total. The molecule has 1 fully saturated rings. The average molecular weight is 293 g/mol. The Morgan fingerprint density at radius 3 is 2.80 bits per heavy atom. The third kappa shape index (κ3) is 2.40. The lowest BCUT2D eigenvalue weighted by Gasteiger charge is -2.32. The minimum Gasteiger partial charge on any atom is -0.353 e. The molecule has 0 radical (unpaired) electrons. The van der Waals surface area contributed by atoms with Crippen molar-refractivity contribution in [1.29, 1.82) is 5.26 Å². The Morgan fingerprint density at radius 1 is 1.45 bits per heavy atom. The maximum Gasteiger partial charge on any atom is 0.244 e. The third-order valence-corrected chi connectivity index (χ3v) is 5.46. The molecule has 6 nitrogen and oxygen atoms in total. The van der Waals surface area contributed by atoms with Crippen molar-refractivity contribution in [3.8, 4) is 6.07 Å². The second-order valence-corrected chi connectivity index (χ2v) is 6.53. The number of benzene rings is 1. The van der Waals surface area contributed by atoms with Crippen LogP contribution in [0.15, 0.2) is 23.1 Å². The van der Waals surface area contributed by atoms with Gasteiger partial charge in [-0.05, 0) is 31.5 Å². The van der Waals surface area contributed by atoms with Crippen molar-refractivity contribution in [2.75, 3.05) is 13.1 Å². The lowest BCUT2D eigenvalue weighted by Crippen LogP contribution is -2.55. The molecular weight excluding hydrogens is 278 g/mol. The molecule has 0 unspecified atom stereocenters. The molecule has 7 heteroatoms. The van der Waals surface area contributed by atoms with Crippen molar-refractivity contribution < 1.29 is 13.2 Å². The fourth-order valence-corrected chi connectivity index (χ4v) is 4.01. The number of carbonyl (C=O) groups is 1. The number of rotatable bonds is 2. The first-order valence-corrected chi connectivity index (χ1v) is 7.62. The Labute approximate surface area is 118 Å². The molecule has 0 bridgehead atoms. The number of nitrogens with zero attached hydrogens (tertiary/aromatic N) is 2. The first kappa shape index (κ1) is 14.5. The van der Waals surface area contributed by atoms with Crippen molar-refractivity contribution in [2.45, 2.75) is 24.8 Å². The SMILES string of the molecule is Cc1ccc(C#N)cc1S(=O)(=O)N1CCNC(=O)[C@@H]1C. The van der Waals surface area contributed by atoms with Gasteiger partial charge >= 0.3 is 0 Å². The Morgan fingerprint density at radius 2 is 2.15 bits per heavy atom. The van der Waals surface area contributed by atoms with Gasteiger partial charge in [0.15, 0.2) is 0 Å². The molecule has 20 heavy (non-hydrogen) atoms. The van der Waals surface area contributed by atoms with E-state index in [1.54, 1.807) is 26.0 Å². The number of nitrogens with one attached hydrogen (secondary N) is 1. The van der Waals surface area contributed by atoms with Crippen molar-refractivity contribution in [1.82, 2.24) is 9.62 Å². The lowest BCUT2D eigenvalue weighted by molar-refractivity contribution is -0.126. The summed E-state index contributed by atoms with van der Waals surface area (Å²) in [4.78, 5) is 11.7. The van der Waals surface area contributed by atoms with E-state index in [2.05, 4.69) is 5.32 Å². The van der Waals surface area contributed by atoms with Crippen LogP contribution < -0.4 is 5.32 Å². The Hall–Kier alpha value is -1.91. The zero-order chi connectivity index (χ0) is 14.9. The van der Waals surface area contributed by atoms with E-state index in [4.69, 9.17) is 5.26 Å². The van der Waals surface area contributed by atoms with Crippen LogP contribution in [0.1, 0.15) is 18.1 Å². The minimum absolute atomic E-state index is 0.0816. The highest BCUT2D eigenvalue weighted by Gasteiger charge is 2.36. The van der Waals surface area contributed by atoms with E-state index in [9.17, 15) is 13.2 Å². The lowest BCUT2D eigenvalue weighted by atomic mass is 10.2. The monoisotopic (exact) mass is 293 g/mol. The Balaban J connectivity index is 2.50. The molecule has 0 aromatic heterocycles. The highest BCUT2D eigenvalue weighted by Crippen LogP contribution is 2.23. The summed E-state index contributed by atoms with van der Waals surface area (Å²) in [5.74, 6) is -0.311. The highest BCUT2D eigenvalue weighted by molar-refractivity contribution is 7.89. The summed E-state index contributed by atoms with van der Waals surface area (Å²) < 4.78 is 26.5. The second kappa shape index (κ2) is 5.23. The number of carbonyl (C=O) groups excluding carboxylic acids is 1. The number of amides is 1. The molecule has 0 aliphatic carbocycles. The van der Waals surface area contributed by atoms with Crippen molar-refractivity contribution in [3.63, 3.8) is 0 Å². The maximum absolute atomic E-state index is 12.7. The van der Waals surface area contributed by atoms with Crippen LogP contribution in [0.25, 0.3) is 0 Å². The van der Waals surface area contributed by atoms with Gasteiger partial charge in [0, 0.05) is 13.1 Å². The standard InChI is InChI=1S/C13H15N3O3S/c1-9-3-4-11(8-14)7-12(9)20(18,19)16-6-5-15-13(17)10(16)2/h3-4,7,10H,5-6H2,1-2H3,(H,15,17)/t10-/m0/s1. The van der Waals surface area contributed by atoms with E-state index in [1.165, 1.54) is 10.4 Å². The largest absolute Gasteiger partial charge is 0.353 e. The maximum atomic E-state index is 12.7. The minimum atomic E-state index is -3.79. The van der Waals surface area contributed by atoms with Crippen LogP contribution in [0.4, 0.5) is 0 Å². The molecule has 1 aromatic rings. The van der Waals surface area contributed by atoms with Gasteiger partial charge in [0.05, 0.1) is 16.5 Å². The van der Waals surface area contributed by atoms with Crippen LogP contribution in [0.3, 0.4) is 0 Å². The van der Waals surface area contributed by atoms with Crippen LogP contribution in [0, 0.1) is 18.3 Å². The zero-order valence-electron chi connectivity index (χ0n) is 11.3. The predicted molar refractivity (Wildman–Crippen MR) is 72.3 cm³/mol. The smallest absolute Gasteiger partial charge is 0.244 e. The molecule has 2 rings (SSSR count). The number of aryl methyl sites for hydroxylation is 1. The van der Waals surface area contributed by atoms with Crippen LogP contribution >= 0.6 is 0 Å². The van der Waals surface area contributed by atoms with Gasteiger partial charge in [-0.25, -0.2) is 8.42 Å². The summed E-state index contributed by atoms with van der Waals surface area (Å²) >= 11 is 0. The number of nitriles is 1. The topological polar surface area (TPSA) is 90.3 Å². The van der Waals surface area contributed by atoms with Crippen LogP contribution in [0.5, 0.6) is 0 Å². The van der Waals surface area contributed by atoms with E-state index in [1.807, 2.05) is 6.07 Å². The van der Waals surface area contributed by atoms with Gasteiger partial charge in [-0.15, -0.1) is 0 Å². The molecule has 1 aliphatic rings. The molecular formula is C13H15N3O3S. The molecule has 106 valence electrons. The molecule has 1 aliphatic heterocycles. The molecule has 1 heterocycles. The Kier molecular flexibility index (Phi) is 3.79. The van der Waals surface area contributed by atoms with Crippen LogP contribution in [0.2, 0.25) is 0 Å². The number of hydrogen-bond acceptors (Lipinski definition) is 4. The van der Waals surface area contributed by atoms with E-state index in [0.29, 0.717) is 12.1 Å². The third-order valence-electron chi connectivity index (χ3n) is 3.35.